The second-order valence-electron chi connectivity index (χ2n) is 5.63. The van der Waals surface area contributed by atoms with Crippen molar-refractivity contribution in [2.45, 2.75) is 13.3 Å². The predicted molar refractivity (Wildman–Crippen MR) is 96.1 cm³/mol. The van der Waals surface area contributed by atoms with Crippen molar-refractivity contribution in [1.29, 1.82) is 0 Å². The number of benzene rings is 1. The molecule has 126 valence electrons. The molecule has 3 aromatic rings. The Bertz CT molecular complexity index is 910. The molecule has 1 aliphatic rings. The minimum absolute atomic E-state index is 0.0601. The molecule has 0 fully saturated rings. The monoisotopic (exact) mass is 352 g/mol. The van der Waals surface area contributed by atoms with Crippen molar-refractivity contribution in [3.05, 3.63) is 53.3 Å². The lowest BCUT2D eigenvalue weighted by Crippen LogP contribution is -2.31. The third kappa shape index (κ3) is 2.98. The maximum absolute atomic E-state index is 13.2. The zero-order valence-electron chi connectivity index (χ0n) is 13.7. The van der Waals surface area contributed by atoms with Gasteiger partial charge in [0.25, 0.3) is 5.91 Å². The molecule has 7 heteroatoms. The van der Waals surface area contributed by atoms with E-state index in [0.29, 0.717) is 34.6 Å². The highest BCUT2D eigenvalue weighted by Crippen LogP contribution is 2.34. The van der Waals surface area contributed by atoms with Crippen LogP contribution in [0.25, 0.3) is 10.8 Å². The lowest BCUT2D eigenvalue weighted by molar-refractivity contribution is 0.0990. The summed E-state index contributed by atoms with van der Waals surface area (Å²) in [7, 11) is 0. The van der Waals surface area contributed by atoms with Crippen LogP contribution in [-0.2, 0) is 0 Å². The zero-order chi connectivity index (χ0) is 17.2. The van der Waals surface area contributed by atoms with E-state index in [2.05, 4.69) is 15.0 Å². The van der Waals surface area contributed by atoms with Gasteiger partial charge in [0.2, 0.25) is 0 Å². The highest BCUT2D eigenvalue weighted by molar-refractivity contribution is 7.17. The van der Waals surface area contributed by atoms with Crippen molar-refractivity contribution < 1.29 is 9.53 Å². The fourth-order valence-corrected chi connectivity index (χ4v) is 3.72. The lowest BCUT2D eigenvalue weighted by atomic mass is 10.2. The molecule has 1 aliphatic heterocycles. The Morgan fingerprint density at radius 2 is 2.00 bits per heavy atom. The Morgan fingerprint density at radius 1 is 1.20 bits per heavy atom. The number of carbonyl (C=O) groups excluding carboxylic acids is 1. The minimum atomic E-state index is -0.0601. The highest BCUT2D eigenvalue weighted by Gasteiger charge is 2.26. The average molecular weight is 352 g/mol. The van der Waals surface area contributed by atoms with Gasteiger partial charge in [-0.2, -0.15) is 0 Å². The van der Waals surface area contributed by atoms with E-state index in [9.17, 15) is 4.79 Å². The summed E-state index contributed by atoms with van der Waals surface area (Å²) >= 11 is 1.33. The smallest absolute Gasteiger partial charge is 0.270 e. The molecule has 0 radical (unpaired) electrons. The van der Waals surface area contributed by atoms with Crippen molar-refractivity contribution in [2.75, 3.05) is 18.1 Å². The van der Waals surface area contributed by atoms with Crippen LogP contribution < -0.4 is 9.64 Å². The number of amides is 1. The SMILES string of the molecule is Cc1nc(-c2ncccn2)sc1C(=O)N1CCCOc2ccccc21. The Morgan fingerprint density at radius 3 is 2.84 bits per heavy atom. The van der Waals surface area contributed by atoms with Crippen LogP contribution in [-0.4, -0.2) is 34.0 Å². The fraction of sp³-hybridized carbons (Fsp3) is 0.222. The number of aryl methyl sites for hydroxylation is 1. The maximum atomic E-state index is 13.2. The van der Waals surface area contributed by atoms with E-state index >= 15 is 0 Å². The van der Waals surface area contributed by atoms with Crippen LogP contribution in [0, 0.1) is 6.92 Å². The minimum Gasteiger partial charge on any atom is -0.491 e. The molecule has 0 spiro atoms. The van der Waals surface area contributed by atoms with Crippen LogP contribution in [0.2, 0.25) is 0 Å². The number of ether oxygens (including phenoxy) is 1. The Labute approximate surface area is 149 Å². The van der Waals surface area contributed by atoms with Crippen LogP contribution in [0.4, 0.5) is 5.69 Å². The van der Waals surface area contributed by atoms with E-state index in [1.54, 1.807) is 23.4 Å². The van der Waals surface area contributed by atoms with Gasteiger partial charge in [-0.1, -0.05) is 12.1 Å². The van der Waals surface area contributed by atoms with Crippen LogP contribution in [0.1, 0.15) is 21.8 Å². The van der Waals surface area contributed by atoms with Crippen molar-refractivity contribution in [3.8, 4) is 16.6 Å². The van der Waals surface area contributed by atoms with Crippen molar-refractivity contribution in [1.82, 2.24) is 15.0 Å². The van der Waals surface area contributed by atoms with E-state index in [1.165, 1.54) is 11.3 Å². The summed E-state index contributed by atoms with van der Waals surface area (Å²) < 4.78 is 5.74. The number of hydrogen-bond acceptors (Lipinski definition) is 6. The molecule has 0 saturated carbocycles. The first-order chi connectivity index (χ1) is 12.2. The van der Waals surface area contributed by atoms with Gasteiger partial charge in [-0.15, -0.1) is 11.3 Å². The Balaban J connectivity index is 1.71. The summed E-state index contributed by atoms with van der Waals surface area (Å²) in [5.74, 6) is 1.21. The molecule has 0 unspecified atom stereocenters. The fourth-order valence-electron chi connectivity index (χ4n) is 2.76. The summed E-state index contributed by atoms with van der Waals surface area (Å²) in [6.45, 7) is 3.06. The van der Waals surface area contributed by atoms with Gasteiger partial charge in [0.05, 0.1) is 18.0 Å². The van der Waals surface area contributed by atoms with Crippen LogP contribution in [0.3, 0.4) is 0 Å². The maximum Gasteiger partial charge on any atom is 0.270 e. The van der Waals surface area contributed by atoms with Crippen molar-refractivity contribution in [2.24, 2.45) is 0 Å². The second-order valence-corrected chi connectivity index (χ2v) is 6.63. The van der Waals surface area contributed by atoms with Crippen molar-refractivity contribution in [3.63, 3.8) is 0 Å². The summed E-state index contributed by atoms with van der Waals surface area (Å²) in [5, 5.41) is 0.654. The van der Waals surface area contributed by atoms with E-state index in [4.69, 9.17) is 4.74 Å². The molecule has 0 saturated heterocycles. The number of nitrogens with zero attached hydrogens (tertiary/aromatic N) is 4. The van der Waals surface area contributed by atoms with Gasteiger partial charge < -0.3 is 9.64 Å². The Hall–Kier alpha value is -2.80. The van der Waals surface area contributed by atoms with Crippen LogP contribution >= 0.6 is 11.3 Å². The first kappa shape index (κ1) is 15.7. The van der Waals surface area contributed by atoms with Gasteiger partial charge >= 0.3 is 0 Å². The first-order valence-corrected chi connectivity index (χ1v) is 8.84. The standard InChI is InChI=1S/C18H16N4O2S/c1-12-15(25-17(21-12)16-19-8-4-9-20-16)18(23)22-10-5-11-24-14-7-3-2-6-13(14)22/h2-4,6-9H,5,10-11H2,1H3. The molecule has 3 heterocycles. The normalized spacial score (nSPS) is 13.7. The van der Waals surface area contributed by atoms with Crippen LogP contribution in [0.15, 0.2) is 42.7 Å². The second kappa shape index (κ2) is 6.60. The topological polar surface area (TPSA) is 68.2 Å². The van der Waals surface area contributed by atoms with E-state index < -0.39 is 0 Å². The number of thiazole rings is 1. The van der Waals surface area contributed by atoms with Gasteiger partial charge in [-0.25, -0.2) is 15.0 Å². The van der Waals surface area contributed by atoms with Gasteiger partial charge in [-0.3, -0.25) is 4.79 Å². The number of fused-ring (bicyclic) bond motifs is 1. The third-order valence-corrected chi connectivity index (χ3v) is 5.07. The van der Waals surface area contributed by atoms with Gasteiger partial charge in [-0.05, 0) is 31.5 Å². The van der Waals surface area contributed by atoms with Crippen LogP contribution in [0.5, 0.6) is 5.75 Å². The summed E-state index contributed by atoms with van der Waals surface area (Å²) in [6, 6.07) is 9.39. The summed E-state index contributed by atoms with van der Waals surface area (Å²) in [5.41, 5.74) is 1.50. The largest absolute Gasteiger partial charge is 0.491 e. The van der Waals surface area contributed by atoms with E-state index in [-0.39, 0.29) is 5.91 Å². The molecule has 1 amide bonds. The highest BCUT2D eigenvalue weighted by atomic mass is 32.1. The number of hydrogen-bond donors (Lipinski definition) is 0. The predicted octanol–water partition coefficient (Wildman–Crippen LogP) is 3.34. The number of carbonyl (C=O) groups is 1. The van der Waals surface area contributed by atoms with Gasteiger partial charge in [0.15, 0.2) is 10.8 Å². The summed E-state index contributed by atoms with van der Waals surface area (Å²) in [4.78, 5) is 28.5. The number of aromatic nitrogens is 3. The lowest BCUT2D eigenvalue weighted by Gasteiger charge is -2.21. The molecule has 2 aromatic heterocycles. The van der Waals surface area contributed by atoms with Gasteiger partial charge in [0.1, 0.15) is 10.6 Å². The molecule has 4 rings (SSSR count). The first-order valence-electron chi connectivity index (χ1n) is 8.02. The zero-order valence-corrected chi connectivity index (χ0v) is 14.5. The molecule has 0 aliphatic carbocycles. The molecule has 6 nitrogen and oxygen atoms in total. The molecule has 1 aromatic carbocycles. The third-order valence-electron chi connectivity index (χ3n) is 3.93. The molecule has 0 N–H and O–H groups in total. The number of anilines is 1. The van der Waals surface area contributed by atoms with Gasteiger partial charge in [0, 0.05) is 18.9 Å². The molecule has 0 atom stereocenters. The number of para-hydroxylation sites is 2. The van der Waals surface area contributed by atoms with E-state index in [0.717, 1.165) is 17.9 Å². The Kier molecular flexibility index (Phi) is 4.15. The molecular weight excluding hydrogens is 336 g/mol. The molecular formula is C18H16N4O2S. The average Bonchev–Trinajstić information content (AvgIpc) is 2.91. The van der Waals surface area contributed by atoms with Crippen molar-refractivity contribution >= 4 is 22.9 Å². The quantitative estimate of drug-likeness (QED) is 0.707. The molecule has 0 bridgehead atoms. The molecule has 25 heavy (non-hydrogen) atoms. The number of rotatable bonds is 2. The summed E-state index contributed by atoms with van der Waals surface area (Å²) in [6.07, 6.45) is 4.12. The van der Waals surface area contributed by atoms with E-state index in [1.807, 2.05) is 31.2 Å².